The first kappa shape index (κ1) is 31.4. The van der Waals surface area contributed by atoms with E-state index < -0.39 is 30.6 Å². The Morgan fingerprint density at radius 3 is 2.12 bits per heavy atom. The molecule has 0 bridgehead atoms. The average Bonchev–Trinajstić information content (AvgIpc) is 3.55. The molecule has 0 fully saturated rings. The third-order valence-electron chi connectivity index (χ3n) is 9.41. The van der Waals surface area contributed by atoms with E-state index in [1.807, 2.05) is 140 Å². The van der Waals surface area contributed by atoms with Gasteiger partial charge in [-0.15, -0.1) is 35.9 Å². The minimum absolute atomic E-state index is 0. The number of pyridine rings is 2. The second kappa shape index (κ2) is 17.1. The minimum atomic E-state index is -2.38. The van der Waals surface area contributed by atoms with Crippen molar-refractivity contribution in [3.05, 3.63) is 131 Å². The maximum absolute atomic E-state index is 9.53. The quantitative estimate of drug-likeness (QED) is 0.143. The van der Waals surface area contributed by atoms with Crippen LogP contribution in [0.2, 0.25) is 0 Å². The third-order valence-corrected chi connectivity index (χ3v) is 9.41. The van der Waals surface area contributed by atoms with E-state index in [-0.39, 0.29) is 43.9 Å². The first-order valence-corrected chi connectivity index (χ1v) is 17.8. The summed E-state index contributed by atoms with van der Waals surface area (Å²) in [5.74, 6) is -3.14. The summed E-state index contributed by atoms with van der Waals surface area (Å²) in [6.07, 6.45) is 3.51. The molecule has 1 atom stereocenters. The van der Waals surface area contributed by atoms with Crippen molar-refractivity contribution in [1.82, 2.24) is 9.97 Å². The van der Waals surface area contributed by atoms with Crippen LogP contribution in [0.4, 0.5) is 0 Å². The number of fused-ring (bicyclic) bond motifs is 3. The first-order valence-electron chi connectivity index (χ1n) is 20.8. The summed E-state index contributed by atoms with van der Waals surface area (Å²) in [6.45, 7) is 12.9. The topological polar surface area (TPSA) is 51.3 Å². The molecular formula is C47H51IrN3O-2. The van der Waals surface area contributed by atoms with Crippen molar-refractivity contribution in [2.45, 2.75) is 86.5 Å². The number of aromatic nitrogens is 2. The van der Waals surface area contributed by atoms with Crippen LogP contribution < -0.4 is 0 Å². The van der Waals surface area contributed by atoms with Crippen LogP contribution in [0.25, 0.3) is 44.6 Å². The van der Waals surface area contributed by atoms with Crippen LogP contribution in [-0.2, 0) is 20.1 Å². The summed E-state index contributed by atoms with van der Waals surface area (Å²) >= 11 is 0. The number of hydrogen-bond donors (Lipinski definition) is 0. The third kappa shape index (κ3) is 8.22. The molecule has 0 N–H and O–H groups in total. The minimum Gasteiger partial charge on any atom is -0.501 e. The number of benzene rings is 3. The van der Waals surface area contributed by atoms with Crippen molar-refractivity contribution in [3.63, 3.8) is 0 Å². The van der Waals surface area contributed by atoms with Gasteiger partial charge >= 0.3 is 0 Å². The summed E-state index contributed by atoms with van der Waals surface area (Å²) in [5, 5.41) is 1.66. The molecular weight excluding hydrogens is 815 g/mol. The molecule has 0 spiro atoms. The van der Waals surface area contributed by atoms with E-state index in [1.165, 1.54) is 6.21 Å². The standard InChI is InChI=1S/C36H43N2O.C11H8N.Ir/c1-20(2)25-12-10-13-26(21(3)4)34(25)31-17-16-28-27-14-11-15-29(35(27)39-36(28)38-31)32-18-30(24(9)19-37-32)33(22(5)6)23(7)8;1-2-6-10(7-3-1)11-8-4-5-9-12-11;/h10-14,16-17,19-23,32-33H,18H2,1-9H3;1-6,8-9H;/q2*-1;/i9D3,20D,21D,33D;;. The fourth-order valence-corrected chi connectivity index (χ4v) is 7.18. The maximum Gasteiger partial charge on any atom is 0.213 e. The van der Waals surface area contributed by atoms with Crippen molar-refractivity contribution in [2.75, 3.05) is 0 Å². The Hall–Kier alpha value is -4.18. The van der Waals surface area contributed by atoms with E-state index in [9.17, 15) is 1.37 Å². The number of allylic oxidation sites excluding steroid dienone is 1. The van der Waals surface area contributed by atoms with E-state index in [0.29, 0.717) is 28.1 Å². The second-order valence-electron chi connectivity index (χ2n) is 14.2. The van der Waals surface area contributed by atoms with Gasteiger partial charge in [-0.05, 0) is 83.4 Å². The number of dihydropyridines is 1. The fraction of sp³-hybridized carbons (Fsp3) is 0.340. The molecule has 1 radical (unpaired) electrons. The van der Waals surface area contributed by atoms with Crippen LogP contribution in [0.15, 0.2) is 112 Å². The summed E-state index contributed by atoms with van der Waals surface area (Å²) in [5.41, 5.74) is 7.43. The van der Waals surface area contributed by atoms with Crippen LogP contribution in [0, 0.1) is 29.9 Å². The van der Waals surface area contributed by atoms with E-state index in [0.717, 1.165) is 38.7 Å². The summed E-state index contributed by atoms with van der Waals surface area (Å²) < 4.78 is 58.4. The number of furan rings is 1. The molecule has 52 heavy (non-hydrogen) atoms. The molecule has 1 unspecified atom stereocenters. The second-order valence-corrected chi connectivity index (χ2v) is 14.2. The molecule has 6 aromatic rings. The van der Waals surface area contributed by atoms with Gasteiger partial charge in [0.1, 0.15) is 0 Å². The van der Waals surface area contributed by atoms with Gasteiger partial charge in [0.25, 0.3) is 0 Å². The monoisotopic (exact) mass is 872 g/mol. The van der Waals surface area contributed by atoms with Gasteiger partial charge in [0.05, 0.1) is 11.7 Å². The van der Waals surface area contributed by atoms with Gasteiger partial charge in [-0.2, -0.15) is 18.2 Å². The molecule has 4 nitrogen and oxygen atoms in total. The van der Waals surface area contributed by atoms with Gasteiger partial charge < -0.3 is 9.40 Å². The van der Waals surface area contributed by atoms with Gasteiger partial charge in [0.2, 0.25) is 5.71 Å². The van der Waals surface area contributed by atoms with E-state index >= 15 is 0 Å². The zero-order chi connectivity index (χ0) is 41.5. The zero-order valence-electron chi connectivity index (χ0n) is 37.3. The van der Waals surface area contributed by atoms with Gasteiger partial charge in [0.15, 0.2) is 0 Å². The van der Waals surface area contributed by atoms with E-state index in [4.69, 9.17) is 21.2 Å². The molecule has 0 saturated heterocycles. The van der Waals surface area contributed by atoms with Crippen molar-refractivity contribution in [2.24, 2.45) is 22.7 Å². The zero-order valence-corrected chi connectivity index (χ0v) is 33.7. The van der Waals surface area contributed by atoms with Crippen LogP contribution in [-0.4, -0.2) is 16.2 Å². The van der Waals surface area contributed by atoms with Gasteiger partial charge in [-0.1, -0.05) is 102 Å². The Morgan fingerprint density at radius 2 is 1.50 bits per heavy atom. The molecule has 1 aliphatic heterocycles. The predicted octanol–water partition coefficient (Wildman–Crippen LogP) is 13.0. The Balaban J connectivity index is 0.000000419. The molecule has 271 valence electrons. The van der Waals surface area contributed by atoms with Crippen LogP contribution in [0.1, 0.15) is 111 Å². The summed E-state index contributed by atoms with van der Waals surface area (Å²) in [6, 6.07) is 33.1. The van der Waals surface area contributed by atoms with Crippen LogP contribution in [0.5, 0.6) is 0 Å². The normalized spacial score (nSPS) is 17.1. The average molecular weight is 872 g/mol. The molecule has 4 heterocycles. The van der Waals surface area contributed by atoms with E-state index in [2.05, 4.69) is 17.1 Å². The maximum atomic E-state index is 9.53. The molecule has 3 aromatic heterocycles. The Kier molecular flexibility index (Phi) is 10.3. The summed E-state index contributed by atoms with van der Waals surface area (Å²) in [7, 11) is 0. The molecule has 0 amide bonds. The molecule has 1 aliphatic rings. The SMILES string of the molecule is [2H]C([2H])([2H])C1=C(C([2H])(C(C)C)C(C)C)CC(c2[c-]ccc3c2oc2nc(-c4c(C([2H])(C)C)cccc4C([2H])(C)C)ccc23)N=C1.[Ir].[c-]1ccccc1-c1ccccn1. The number of rotatable bonds is 8. The van der Waals surface area contributed by atoms with Crippen molar-refractivity contribution in [3.8, 4) is 22.5 Å². The van der Waals surface area contributed by atoms with Crippen LogP contribution in [0.3, 0.4) is 0 Å². The first-order chi connectivity index (χ1) is 26.7. The molecule has 0 saturated carbocycles. The smallest absolute Gasteiger partial charge is 0.213 e. The van der Waals surface area contributed by atoms with Gasteiger partial charge in [-0.3, -0.25) is 4.99 Å². The van der Waals surface area contributed by atoms with Gasteiger partial charge in [-0.25, -0.2) is 4.98 Å². The van der Waals surface area contributed by atoms with E-state index in [1.54, 1.807) is 6.20 Å². The molecule has 7 rings (SSSR count). The molecule has 5 heteroatoms. The Morgan fingerprint density at radius 1 is 0.769 bits per heavy atom. The number of hydrogen-bond acceptors (Lipinski definition) is 4. The fourth-order valence-electron chi connectivity index (χ4n) is 7.18. The Bertz CT molecular complexity index is 2350. The van der Waals surface area contributed by atoms with Crippen LogP contribution >= 0.6 is 0 Å². The Labute approximate surface area is 332 Å². The number of nitrogens with zero attached hydrogens (tertiary/aromatic N) is 3. The van der Waals surface area contributed by atoms with Crippen molar-refractivity contribution >= 4 is 28.3 Å². The molecule has 3 aromatic carbocycles. The predicted molar refractivity (Wildman–Crippen MR) is 214 cm³/mol. The summed E-state index contributed by atoms with van der Waals surface area (Å²) in [4.78, 5) is 13.9. The molecule has 0 aliphatic carbocycles. The van der Waals surface area contributed by atoms with Crippen molar-refractivity contribution in [1.29, 1.82) is 0 Å². The van der Waals surface area contributed by atoms with Crippen molar-refractivity contribution < 1.29 is 32.7 Å². The largest absolute Gasteiger partial charge is 0.501 e. The van der Waals surface area contributed by atoms with Gasteiger partial charge in [0, 0.05) is 57.3 Å². The number of aliphatic imine (C=N–C) groups is 1.